The Kier molecular flexibility index (Phi) is 3.00. The zero-order chi connectivity index (χ0) is 8.27. The van der Waals surface area contributed by atoms with Gasteiger partial charge < -0.3 is 9.08 Å². The van der Waals surface area contributed by atoms with Crippen LogP contribution in [0.3, 0.4) is 0 Å². The fourth-order valence-electron chi connectivity index (χ4n) is 0.635. The highest BCUT2D eigenvalue weighted by Crippen LogP contribution is 2.15. The first-order valence-corrected chi connectivity index (χ1v) is 4.39. The fourth-order valence-corrected chi connectivity index (χ4v) is 1.16. The van der Waals surface area contributed by atoms with Gasteiger partial charge in [-0.2, -0.15) is 0 Å². The molecule has 3 nitrogen and oxygen atoms in total. The lowest BCUT2D eigenvalue weighted by molar-refractivity contribution is 0.564. The Hall–Kier alpha value is -0.440. The fraction of sp³-hybridized carbons (Fsp3) is 0. The molecule has 1 aromatic rings. The van der Waals surface area contributed by atoms with Gasteiger partial charge in [0.05, 0.1) is 14.4 Å². The summed E-state index contributed by atoms with van der Waals surface area (Å²) in [7, 11) is 2.10. The Balaban J connectivity index is 2.91. The predicted octanol–water partition coefficient (Wildman–Crippen LogP) is 1.44. The summed E-state index contributed by atoms with van der Waals surface area (Å²) in [6.07, 6.45) is 0. The highest BCUT2D eigenvalue weighted by molar-refractivity contribution is 7.79. The average molecular weight is 190 g/mol. The molecular weight excluding hydrogens is 183 g/mol. The van der Waals surface area contributed by atoms with Crippen LogP contribution < -0.4 is 4.52 Å². The molecule has 2 unspecified atom stereocenters. The van der Waals surface area contributed by atoms with Gasteiger partial charge in [-0.25, -0.2) is 4.21 Å². The van der Waals surface area contributed by atoms with Crippen molar-refractivity contribution in [2.24, 2.45) is 0 Å². The van der Waals surface area contributed by atoms with Crippen LogP contribution in [0.15, 0.2) is 29.2 Å². The van der Waals surface area contributed by atoms with Gasteiger partial charge in [0.25, 0.3) is 0 Å². The molecule has 60 valence electrons. The molecule has 0 radical (unpaired) electrons. The first kappa shape index (κ1) is 8.65. The predicted molar refractivity (Wildman–Crippen MR) is 45.8 cm³/mol. The molecule has 0 heterocycles. The third-order valence-corrected chi connectivity index (χ3v) is 2.11. The van der Waals surface area contributed by atoms with Crippen molar-refractivity contribution in [2.75, 3.05) is 0 Å². The summed E-state index contributed by atoms with van der Waals surface area (Å²) in [5, 5.41) is 0. The van der Waals surface area contributed by atoms with Crippen LogP contribution in [0.1, 0.15) is 0 Å². The number of rotatable bonds is 2. The Morgan fingerprint density at radius 1 is 1.36 bits per heavy atom. The number of hydrogen-bond acceptors (Lipinski definition) is 2. The average Bonchev–Trinajstić information content (AvgIpc) is 2.05. The van der Waals surface area contributed by atoms with Gasteiger partial charge in [-0.3, -0.25) is 0 Å². The molecule has 0 aliphatic heterocycles. The lowest BCUT2D eigenvalue weighted by Gasteiger charge is -1.98. The molecule has 0 saturated heterocycles. The first-order chi connectivity index (χ1) is 5.24. The number of hydrogen-bond donors (Lipinski definition) is 1. The van der Waals surface area contributed by atoms with Crippen LogP contribution in [0.5, 0.6) is 5.75 Å². The molecule has 0 amide bonds. The van der Waals surface area contributed by atoms with Crippen LogP contribution in [0.2, 0.25) is 0 Å². The SMILES string of the molecule is O=S(O)c1ccc(OP)cc1. The molecule has 1 N–H and O–H groups in total. The molecule has 0 fully saturated rings. The smallest absolute Gasteiger partial charge is 0.186 e. The van der Waals surface area contributed by atoms with Crippen molar-refractivity contribution in [3.05, 3.63) is 24.3 Å². The van der Waals surface area contributed by atoms with E-state index in [4.69, 9.17) is 9.08 Å². The highest BCUT2D eigenvalue weighted by Gasteiger charge is 1.97. The number of benzene rings is 1. The van der Waals surface area contributed by atoms with E-state index in [9.17, 15) is 4.21 Å². The maximum absolute atomic E-state index is 10.5. The molecule has 1 aromatic carbocycles. The molecule has 11 heavy (non-hydrogen) atoms. The van der Waals surface area contributed by atoms with Crippen molar-refractivity contribution in [2.45, 2.75) is 4.90 Å². The minimum absolute atomic E-state index is 0.371. The molecule has 0 aromatic heterocycles. The summed E-state index contributed by atoms with van der Waals surface area (Å²) in [5.74, 6) is 0.643. The van der Waals surface area contributed by atoms with Crippen LogP contribution in [-0.2, 0) is 11.1 Å². The van der Waals surface area contributed by atoms with Crippen LogP contribution in [0.4, 0.5) is 0 Å². The van der Waals surface area contributed by atoms with Gasteiger partial charge >= 0.3 is 0 Å². The third-order valence-electron chi connectivity index (χ3n) is 1.16. The largest absolute Gasteiger partial charge is 0.480 e. The Morgan fingerprint density at radius 3 is 2.27 bits per heavy atom. The Labute approximate surface area is 69.3 Å². The van der Waals surface area contributed by atoms with Crippen molar-refractivity contribution in [3.63, 3.8) is 0 Å². The van der Waals surface area contributed by atoms with Crippen LogP contribution in [0, 0.1) is 0 Å². The molecule has 0 bridgehead atoms. The molecule has 0 spiro atoms. The maximum atomic E-state index is 10.5. The maximum Gasteiger partial charge on any atom is 0.186 e. The molecule has 2 atom stereocenters. The Morgan fingerprint density at radius 2 is 1.91 bits per heavy atom. The van der Waals surface area contributed by atoms with E-state index in [0.717, 1.165) is 0 Å². The second-order valence-corrected chi connectivity index (χ2v) is 3.04. The van der Waals surface area contributed by atoms with Gasteiger partial charge in [0, 0.05) is 0 Å². The minimum atomic E-state index is -1.90. The van der Waals surface area contributed by atoms with Crippen LogP contribution in [0.25, 0.3) is 0 Å². The summed E-state index contributed by atoms with van der Waals surface area (Å²) in [5.41, 5.74) is 0. The van der Waals surface area contributed by atoms with E-state index < -0.39 is 11.1 Å². The summed E-state index contributed by atoms with van der Waals surface area (Å²) in [6, 6.07) is 6.32. The van der Waals surface area contributed by atoms with Gasteiger partial charge in [-0.05, 0) is 24.3 Å². The van der Waals surface area contributed by atoms with Crippen molar-refractivity contribution in [1.29, 1.82) is 0 Å². The van der Waals surface area contributed by atoms with Gasteiger partial charge in [0.15, 0.2) is 11.1 Å². The zero-order valence-corrected chi connectivity index (χ0v) is 7.53. The van der Waals surface area contributed by atoms with Crippen LogP contribution >= 0.6 is 9.47 Å². The zero-order valence-electron chi connectivity index (χ0n) is 5.56. The summed E-state index contributed by atoms with van der Waals surface area (Å²) >= 11 is -1.90. The van der Waals surface area contributed by atoms with Crippen molar-refractivity contribution >= 4 is 20.5 Å². The quantitative estimate of drug-likeness (QED) is 0.567. The molecule has 1 rings (SSSR count). The topological polar surface area (TPSA) is 46.5 Å². The minimum Gasteiger partial charge on any atom is -0.480 e. The van der Waals surface area contributed by atoms with Gasteiger partial charge in [0.1, 0.15) is 5.75 Å². The standard InChI is InChI=1S/C6H7O3PS/c7-11(8)6-3-1-5(9-10)2-4-6/h1-4H,10H2,(H,7,8). The van der Waals surface area contributed by atoms with E-state index in [1.165, 1.54) is 12.1 Å². The van der Waals surface area contributed by atoms with E-state index in [1.54, 1.807) is 12.1 Å². The van der Waals surface area contributed by atoms with Gasteiger partial charge in [0.2, 0.25) is 0 Å². The van der Waals surface area contributed by atoms with E-state index in [-0.39, 0.29) is 0 Å². The monoisotopic (exact) mass is 190 g/mol. The third kappa shape index (κ3) is 2.26. The van der Waals surface area contributed by atoms with Crippen LogP contribution in [-0.4, -0.2) is 8.76 Å². The summed E-state index contributed by atoms with van der Waals surface area (Å²) in [4.78, 5) is 0.371. The molecule has 0 aliphatic carbocycles. The second kappa shape index (κ2) is 3.81. The lowest BCUT2D eigenvalue weighted by atomic mass is 10.3. The van der Waals surface area contributed by atoms with E-state index in [1.807, 2.05) is 0 Å². The first-order valence-electron chi connectivity index (χ1n) is 2.81. The molecule has 0 aliphatic rings. The summed E-state index contributed by atoms with van der Waals surface area (Å²) < 4.78 is 23.9. The van der Waals surface area contributed by atoms with Gasteiger partial charge in [-0.1, -0.05) is 0 Å². The molecule has 5 heteroatoms. The van der Waals surface area contributed by atoms with E-state index in [2.05, 4.69) is 9.47 Å². The van der Waals surface area contributed by atoms with Gasteiger partial charge in [-0.15, -0.1) is 0 Å². The Bertz CT molecular complexity index is 259. The van der Waals surface area contributed by atoms with Crippen molar-refractivity contribution in [1.82, 2.24) is 0 Å². The van der Waals surface area contributed by atoms with Crippen molar-refractivity contribution < 1.29 is 13.3 Å². The normalized spacial score (nSPS) is 12.5. The van der Waals surface area contributed by atoms with E-state index in [0.29, 0.717) is 10.6 Å². The molecular formula is C6H7O3PS. The highest BCUT2D eigenvalue weighted by atomic mass is 32.2. The molecule has 0 saturated carbocycles. The second-order valence-electron chi connectivity index (χ2n) is 1.84. The van der Waals surface area contributed by atoms with E-state index >= 15 is 0 Å². The van der Waals surface area contributed by atoms with Crippen molar-refractivity contribution in [3.8, 4) is 5.75 Å². The summed E-state index contributed by atoms with van der Waals surface area (Å²) in [6.45, 7) is 0. The lowest BCUT2D eigenvalue weighted by Crippen LogP contribution is -1.86.